The molecule has 0 saturated carbocycles. The maximum absolute atomic E-state index is 12.5. The lowest BCUT2D eigenvalue weighted by Gasteiger charge is -2.05. The molecule has 140 valence electrons. The van der Waals surface area contributed by atoms with Gasteiger partial charge in [-0.2, -0.15) is 0 Å². The fourth-order valence-corrected chi connectivity index (χ4v) is 2.90. The largest absolute Gasteiger partial charge is 0.452 e. The van der Waals surface area contributed by atoms with Crippen LogP contribution < -0.4 is 9.47 Å². The van der Waals surface area contributed by atoms with Crippen molar-refractivity contribution in [3.05, 3.63) is 82.4 Å². The predicted octanol–water partition coefficient (Wildman–Crippen LogP) is 4.48. The van der Waals surface area contributed by atoms with Crippen molar-refractivity contribution in [3.63, 3.8) is 0 Å². The Morgan fingerprint density at radius 1 is 1.14 bits per heavy atom. The van der Waals surface area contributed by atoms with Gasteiger partial charge in [0.05, 0.1) is 12.0 Å². The van der Waals surface area contributed by atoms with E-state index >= 15 is 0 Å². The number of aryl methyl sites for hydroxylation is 1. The monoisotopic (exact) mass is 395 g/mol. The molecule has 0 saturated heterocycles. The van der Waals surface area contributed by atoms with Crippen LogP contribution in [0.3, 0.4) is 0 Å². The van der Waals surface area contributed by atoms with E-state index in [0.717, 1.165) is 5.56 Å². The lowest BCUT2D eigenvalue weighted by atomic mass is 10.1. The van der Waals surface area contributed by atoms with Crippen LogP contribution in [-0.4, -0.2) is 16.9 Å². The minimum Gasteiger partial charge on any atom is -0.452 e. The Morgan fingerprint density at radius 3 is 2.71 bits per heavy atom. The molecule has 28 heavy (non-hydrogen) atoms. The van der Waals surface area contributed by atoms with Crippen LogP contribution in [-0.2, 0) is 11.2 Å². The molecular formula is C21H14ClNO5. The molecule has 0 fully saturated rings. The van der Waals surface area contributed by atoms with Gasteiger partial charge in [0.2, 0.25) is 5.78 Å². The van der Waals surface area contributed by atoms with Gasteiger partial charge in [0.1, 0.15) is 17.3 Å². The van der Waals surface area contributed by atoms with Crippen LogP contribution in [0, 0.1) is 0 Å². The number of aromatic nitrogens is 1. The van der Waals surface area contributed by atoms with Crippen LogP contribution in [0.5, 0.6) is 11.5 Å². The van der Waals surface area contributed by atoms with E-state index in [9.17, 15) is 9.59 Å². The number of ketones is 1. The highest BCUT2D eigenvalue weighted by Gasteiger charge is 2.28. The number of rotatable bonds is 5. The third kappa shape index (κ3) is 3.97. The van der Waals surface area contributed by atoms with Crippen LogP contribution >= 0.6 is 11.6 Å². The Bertz CT molecular complexity index is 1070. The average Bonchev–Trinajstić information content (AvgIpc) is 3.24. The van der Waals surface area contributed by atoms with E-state index < -0.39 is 5.97 Å². The molecule has 6 nitrogen and oxygen atoms in total. The molecule has 2 heterocycles. The fraction of sp³-hybridized carbons (Fsp3) is 0.0952. The van der Waals surface area contributed by atoms with Gasteiger partial charge in [-0.25, -0.2) is 0 Å². The fourth-order valence-electron chi connectivity index (χ4n) is 2.74. The summed E-state index contributed by atoms with van der Waals surface area (Å²) < 4.78 is 15.9. The Labute approximate surface area is 165 Å². The number of hydrogen-bond acceptors (Lipinski definition) is 6. The maximum Gasteiger partial charge on any atom is 0.311 e. The summed E-state index contributed by atoms with van der Waals surface area (Å²) in [6.45, 7) is 0. The van der Waals surface area contributed by atoms with Crippen LogP contribution in [0.25, 0.3) is 6.08 Å². The third-order valence-electron chi connectivity index (χ3n) is 4.08. The number of hydrogen-bond donors (Lipinski definition) is 0. The van der Waals surface area contributed by atoms with E-state index in [2.05, 4.69) is 5.16 Å². The third-order valence-corrected chi connectivity index (χ3v) is 4.25. The Hall–Kier alpha value is -3.38. The lowest BCUT2D eigenvalue weighted by molar-refractivity contribution is -0.134. The van der Waals surface area contributed by atoms with Crippen LogP contribution in [0.4, 0.5) is 0 Å². The molecule has 1 aliphatic rings. The Morgan fingerprint density at radius 2 is 1.96 bits per heavy atom. The van der Waals surface area contributed by atoms with Crippen molar-refractivity contribution >= 4 is 29.4 Å². The summed E-state index contributed by atoms with van der Waals surface area (Å²) in [7, 11) is 0. The quantitative estimate of drug-likeness (QED) is 0.360. The molecular weight excluding hydrogens is 382 g/mol. The Balaban J connectivity index is 1.42. The maximum atomic E-state index is 12.5. The zero-order valence-electron chi connectivity index (χ0n) is 14.6. The SMILES string of the molecule is O=C(CCc1cc(Cl)no1)Oc1ccc2c(c1)O/C(=C\c1ccccc1)C2=O. The normalized spacial score (nSPS) is 14.0. The van der Waals surface area contributed by atoms with E-state index in [4.69, 9.17) is 25.6 Å². The van der Waals surface area contributed by atoms with Crippen molar-refractivity contribution in [1.82, 2.24) is 5.16 Å². The van der Waals surface area contributed by atoms with Gasteiger partial charge >= 0.3 is 5.97 Å². The molecule has 0 N–H and O–H groups in total. The van der Waals surface area contributed by atoms with E-state index in [1.54, 1.807) is 24.3 Å². The smallest absolute Gasteiger partial charge is 0.311 e. The zero-order chi connectivity index (χ0) is 19.5. The van der Waals surface area contributed by atoms with E-state index in [0.29, 0.717) is 29.2 Å². The predicted molar refractivity (Wildman–Crippen MR) is 101 cm³/mol. The van der Waals surface area contributed by atoms with Gasteiger partial charge in [0, 0.05) is 18.6 Å². The van der Waals surface area contributed by atoms with E-state index in [1.807, 2.05) is 30.3 Å². The van der Waals surface area contributed by atoms with Gasteiger partial charge in [0.25, 0.3) is 0 Å². The number of fused-ring (bicyclic) bond motifs is 1. The van der Waals surface area contributed by atoms with Gasteiger partial charge in [0.15, 0.2) is 10.9 Å². The number of ether oxygens (including phenoxy) is 2. The second kappa shape index (κ2) is 7.70. The molecule has 0 amide bonds. The topological polar surface area (TPSA) is 78.6 Å². The van der Waals surface area contributed by atoms with Crippen molar-refractivity contribution < 1.29 is 23.6 Å². The first kappa shape index (κ1) is 18.0. The minimum atomic E-state index is -0.447. The zero-order valence-corrected chi connectivity index (χ0v) is 15.3. The van der Waals surface area contributed by atoms with Crippen LogP contribution in [0.15, 0.2) is 64.9 Å². The Kier molecular flexibility index (Phi) is 4.95. The molecule has 0 aliphatic carbocycles. The summed E-state index contributed by atoms with van der Waals surface area (Å²) in [6.07, 6.45) is 2.10. The summed E-state index contributed by atoms with van der Waals surface area (Å²) in [4.78, 5) is 24.5. The first-order valence-corrected chi connectivity index (χ1v) is 8.91. The summed E-state index contributed by atoms with van der Waals surface area (Å²) in [5, 5.41) is 3.79. The number of benzene rings is 2. The molecule has 7 heteroatoms. The van der Waals surface area contributed by atoms with Crippen molar-refractivity contribution in [2.24, 2.45) is 0 Å². The molecule has 0 radical (unpaired) electrons. The molecule has 1 aliphatic heterocycles. The summed E-state index contributed by atoms with van der Waals surface area (Å²) >= 11 is 5.67. The van der Waals surface area contributed by atoms with Crippen LogP contribution in [0.2, 0.25) is 5.15 Å². The molecule has 0 bridgehead atoms. The molecule has 0 unspecified atom stereocenters. The molecule has 4 rings (SSSR count). The van der Waals surface area contributed by atoms with E-state index in [1.165, 1.54) is 6.07 Å². The molecule has 1 aromatic heterocycles. The second-order valence-corrected chi connectivity index (χ2v) is 6.49. The highest BCUT2D eigenvalue weighted by molar-refractivity contribution is 6.29. The number of halogens is 1. The second-order valence-electron chi connectivity index (χ2n) is 6.10. The highest BCUT2D eigenvalue weighted by Crippen LogP contribution is 2.35. The minimum absolute atomic E-state index is 0.0988. The summed E-state index contributed by atoms with van der Waals surface area (Å²) in [6, 6.07) is 15.6. The lowest BCUT2D eigenvalue weighted by Crippen LogP contribution is -2.08. The summed E-state index contributed by atoms with van der Waals surface area (Å²) in [5.74, 6) is 0.732. The number of nitrogens with zero attached hydrogens (tertiary/aromatic N) is 1. The van der Waals surface area contributed by atoms with Gasteiger partial charge in [-0.1, -0.05) is 47.1 Å². The van der Waals surface area contributed by atoms with Gasteiger partial charge in [-0.15, -0.1) is 0 Å². The standard InChI is InChI=1S/C21H14ClNO5/c22-19-12-15(28-23-19)7-9-20(24)26-14-6-8-16-17(11-14)27-18(21(16)25)10-13-4-2-1-3-5-13/h1-6,8,10-12H,7,9H2/b18-10-. The van der Waals surface area contributed by atoms with Gasteiger partial charge in [-0.05, 0) is 23.8 Å². The number of Topliss-reactive ketones (excluding diaryl/α,β-unsaturated/α-hetero) is 1. The molecule has 0 atom stereocenters. The first-order chi connectivity index (χ1) is 13.6. The van der Waals surface area contributed by atoms with Gasteiger partial charge in [-0.3, -0.25) is 9.59 Å². The number of carbonyl (C=O) groups excluding carboxylic acids is 2. The molecule has 3 aromatic rings. The average molecular weight is 396 g/mol. The van der Waals surface area contributed by atoms with Gasteiger partial charge < -0.3 is 14.0 Å². The van der Waals surface area contributed by atoms with Crippen LogP contribution in [0.1, 0.15) is 28.1 Å². The number of carbonyl (C=O) groups is 2. The van der Waals surface area contributed by atoms with Crippen molar-refractivity contribution in [1.29, 1.82) is 0 Å². The van der Waals surface area contributed by atoms with E-state index in [-0.39, 0.29) is 23.1 Å². The summed E-state index contributed by atoms with van der Waals surface area (Å²) in [5.41, 5.74) is 1.29. The first-order valence-electron chi connectivity index (χ1n) is 8.53. The highest BCUT2D eigenvalue weighted by atomic mass is 35.5. The number of esters is 1. The molecule has 2 aromatic carbocycles. The number of allylic oxidation sites excluding steroid dienone is 1. The van der Waals surface area contributed by atoms with Crippen molar-refractivity contribution in [3.8, 4) is 11.5 Å². The van der Waals surface area contributed by atoms with Crippen molar-refractivity contribution in [2.75, 3.05) is 0 Å². The molecule has 0 spiro atoms. The van der Waals surface area contributed by atoms with Crippen molar-refractivity contribution in [2.45, 2.75) is 12.8 Å².